The first-order valence-corrected chi connectivity index (χ1v) is 8.56. The van der Waals surface area contributed by atoms with Crippen LogP contribution in [0.25, 0.3) is 10.1 Å². The van der Waals surface area contributed by atoms with Crippen molar-refractivity contribution in [1.29, 1.82) is 0 Å². The minimum absolute atomic E-state index is 0.149. The van der Waals surface area contributed by atoms with Crippen LogP contribution in [-0.2, 0) is 6.42 Å². The minimum Gasteiger partial charge on any atom is -0.310 e. The highest BCUT2D eigenvalue weighted by Gasteiger charge is 2.10. The third-order valence-electron chi connectivity index (χ3n) is 3.96. The van der Waals surface area contributed by atoms with Crippen LogP contribution in [0.15, 0.2) is 53.9 Å². The van der Waals surface area contributed by atoms with Gasteiger partial charge >= 0.3 is 0 Å². The molecular weight excluding hydrogens is 293 g/mol. The molecule has 0 bridgehead atoms. The molecule has 0 saturated carbocycles. The molecule has 1 heterocycles. The maximum atomic E-state index is 13.1. The van der Waals surface area contributed by atoms with Crippen molar-refractivity contribution in [3.05, 3.63) is 70.9 Å². The number of hydrogen-bond acceptors (Lipinski definition) is 2. The van der Waals surface area contributed by atoms with Crippen LogP contribution >= 0.6 is 11.3 Å². The number of aryl methyl sites for hydroxylation is 1. The number of rotatable bonds is 6. The van der Waals surface area contributed by atoms with Gasteiger partial charge in [0.25, 0.3) is 0 Å². The summed E-state index contributed by atoms with van der Waals surface area (Å²) in [5.41, 5.74) is 2.43. The third kappa shape index (κ3) is 3.54. The van der Waals surface area contributed by atoms with Gasteiger partial charge < -0.3 is 5.32 Å². The monoisotopic (exact) mass is 313 g/mol. The molecule has 0 aliphatic rings. The summed E-state index contributed by atoms with van der Waals surface area (Å²) in [6, 6.07) is 15.7. The summed E-state index contributed by atoms with van der Waals surface area (Å²) in [6.45, 7) is 3.14. The maximum absolute atomic E-state index is 13.1. The summed E-state index contributed by atoms with van der Waals surface area (Å²) < 4.78 is 14.5. The second-order valence-corrected chi connectivity index (χ2v) is 6.51. The molecule has 0 amide bonds. The van der Waals surface area contributed by atoms with Crippen LogP contribution in [0.3, 0.4) is 0 Å². The van der Waals surface area contributed by atoms with Crippen LogP contribution in [0.4, 0.5) is 4.39 Å². The van der Waals surface area contributed by atoms with E-state index in [4.69, 9.17) is 0 Å². The van der Waals surface area contributed by atoms with Gasteiger partial charge in [-0.3, -0.25) is 0 Å². The predicted molar refractivity (Wildman–Crippen MR) is 93.0 cm³/mol. The molecule has 114 valence electrons. The summed E-state index contributed by atoms with van der Waals surface area (Å²) in [5.74, 6) is -0.149. The van der Waals surface area contributed by atoms with Crippen LogP contribution in [0.5, 0.6) is 0 Å². The first-order chi connectivity index (χ1) is 10.7. The van der Waals surface area contributed by atoms with E-state index in [-0.39, 0.29) is 5.82 Å². The average Bonchev–Trinajstić information content (AvgIpc) is 2.95. The average molecular weight is 313 g/mol. The van der Waals surface area contributed by atoms with Crippen LogP contribution in [0.1, 0.15) is 30.5 Å². The molecule has 0 radical (unpaired) electrons. The lowest BCUT2D eigenvalue weighted by Gasteiger charge is -2.13. The van der Waals surface area contributed by atoms with Crippen molar-refractivity contribution >= 4 is 21.4 Å². The Morgan fingerprint density at radius 1 is 1.14 bits per heavy atom. The Labute approximate surface area is 134 Å². The van der Waals surface area contributed by atoms with Crippen molar-refractivity contribution in [2.24, 2.45) is 0 Å². The molecule has 2 aromatic carbocycles. The number of benzene rings is 2. The van der Waals surface area contributed by atoms with Gasteiger partial charge in [0.15, 0.2) is 0 Å². The Morgan fingerprint density at radius 3 is 2.86 bits per heavy atom. The van der Waals surface area contributed by atoms with Crippen molar-refractivity contribution in [3.8, 4) is 0 Å². The molecule has 1 N–H and O–H groups in total. The van der Waals surface area contributed by atoms with E-state index in [9.17, 15) is 4.39 Å². The second kappa shape index (κ2) is 7.03. The van der Waals surface area contributed by atoms with Gasteiger partial charge in [0.05, 0.1) is 0 Å². The molecule has 3 rings (SSSR count). The van der Waals surface area contributed by atoms with Crippen LogP contribution < -0.4 is 5.32 Å². The molecule has 3 aromatic rings. The fourth-order valence-corrected chi connectivity index (χ4v) is 3.80. The Kier molecular flexibility index (Phi) is 4.86. The second-order valence-electron chi connectivity index (χ2n) is 5.60. The predicted octanol–water partition coefficient (Wildman–Crippen LogP) is 5.32. The number of halogens is 1. The number of fused-ring (bicyclic) bond motifs is 1. The van der Waals surface area contributed by atoms with E-state index < -0.39 is 0 Å². The first-order valence-electron chi connectivity index (χ1n) is 7.68. The molecule has 0 aliphatic carbocycles. The van der Waals surface area contributed by atoms with Crippen molar-refractivity contribution in [3.63, 3.8) is 0 Å². The summed E-state index contributed by atoms with van der Waals surface area (Å²) in [5, 5.41) is 7.16. The van der Waals surface area contributed by atoms with Crippen LogP contribution in [0.2, 0.25) is 0 Å². The van der Waals surface area contributed by atoms with Crippen molar-refractivity contribution in [1.82, 2.24) is 5.32 Å². The first kappa shape index (κ1) is 15.2. The van der Waals surface area contributed by atoms with Crippen molar-refractivity contribution < 1.29 is 4.39 Å². The molecule has 0 spiro atoms. The lowest BCUT2D eigenvalue weighted by Crippen LogP contribution is -2.20. The molecule has 3 heteroatoms. The molecule has 0 saturated heterocycles. The summed E-state index contributed by atoms with van der Waals surface area (Å²) in [4.78, 5) is 0. The third-order valence-corrected chi connectivity index (χ3v) is 4.94. The number of nitrogens with one attached hydrogen (secondary N) is 1. The Morgan fingerprint density at radius 2 is 2.00 bits per heavy atom. The lowest BCUT2D eigenvalue weighted by atomic mass is 10.1. The maximum Gasteiger partial charge on any atom is 0.123 e. The van der Waals surface area contributed by atoms with E-state index in [2.05, 4.69) is 41.9 Å². The normalized spacial score (nSPS) is 12.6. The highest BCUT2D eigenvalue weighted by molar-refractivity contribution is 7.17. The largest absolute Gasteiger partial charge is 0.310 e. The van der Waals surface area contributed by atoms with Gasteiger partial charge in [-0.05, 0) is 66.4 Å². The van der Waals surface area contributed by atoms with E-state index in [1.165, 1.54) is 21.7 Å². The molecular formula is C19H20FNS. The smallest absolute Gasteiger partial charge is 0.123 e. The molecule has 1 unspecified atom stereocenters. The van der Waals surface area contributed by atoms with E-state index in [1.54, 1.807) is 23.5 Å². The quantitative estimate of drug-likeness (QED) is 0.607. The summed E-state index contributed by atoms with van der Waals surface area (Å²) in [6.07, 6.45) is 1.91. The molecule has 1 nitrogen and oxygen atoms in total. The van der Waals surface area contributed by atoms with Crippen molar-refractivity contribution in [2.75, 3.05) is 6.54 Å². The summed E-state index contributed by atoms with van der Waals surface area (Å²) >= 11 is 1.80. The van der Waals surface area contributed by atoms with Gasteiger partial charge in [-0.15, -0.1) is 11.3 Å². The van der Waals surface area contributed by atoms with Gasteiger partial charge in [-0.1, -0.05) is 30.3 Å². The highest BCUT2D eigenvalue weighted by atomic mass is 32.1. The number of hydrogen-bond donors (Lipinski definition) is 1. The standard InChI is InChI=1S/C19H20FNS/c1-14(18-13-22-19-10-3-2-9-17(18)19)21-11-5-7-15-6-4-8-16(20)12-15/h2-4,6,8-10,12-14,21H,5,7,11H2,1H3. The highest BCUT2D eigenvalue weighted by Crippen LogP contribution is 2.29. The van der Waals surface area contributed by atoms with Gasteiger partial charge in [-0.25, -0.2) is 4.39 Å². The van der Waals surface area contributed by atoms with E-state index >= 15 is 0 Å². The SMILES string of the molecule is CC(NCCCc1cccc(F)c1)c1csc2ccccc12. The van der Waals surface area contributed by atoms with E-state index in [0.29, 0.717) is 6.04 Å². The Hall–Kier alpha value is -1.71. The Bertz CT molecular complexity index is 750. The molecule has 0 fully saturated rings. The van der Waals surface area contributed by atoms with E-state index in [0.717, 1.165) is 24.9 Å². The zero-order valence-electron chi connectivity index (χ0n) is 12.7. The zero-order valence-corrected chi connectivity index (χ0v) is 13.5. The summed E-state index contributed by atoms with van der Waals surface area (Å²) in [7, 11) is 0. The van der Waals surface area contributed by atoms with Gasteiger partial charge in [0.1, 0.15) is 5.82 Å². The van der Waals surface area contributed by atoms with Crippen molar-refractivity contribution in [2.45, 2.75) is 25.8 Å². The van der Waals surface area contributed by atoms with Gasteiger partial charge in [0.2, 0.25) is 0 Å². The number of thiophene rings is 1. The minimum atomic E-state index is -0.149. The van der Waals surface area contributed by atoms with Gasteiger partial charge in [0, 0.05) is 10.7 Å². The fourth-order valence-electron chi connectivity index (χ4n) is 2.75. The van der Waals surface area contributed by atoms with E-state index in [1.807, 2.05) is 6.07 Å². The zero-order chi connectivity index (χ0) is 15.4. The van der Waals surface area contributed by atoms with Crippen LogP contribution in [0, 0.1) is 5.82 Å². The van der Waals surface area contributed by atoms with Crippen LogP contribution in [-0.4, -0.2) is 6.54 Å². The molecule has 22 heavy (non-hydrogen) atoms. The molecule has 1 aromatic heterocycles. The Balaban J connectivity index is 1.53. The topological polar surface area (TPSA) is 12.0 Å². The van der Waals surface area contributed by atoms with Gasteiger partial charge in [-0.2, -0.15) is 0 Å². The lowest BCUT2D eigenvalue weighted by molar-refractivity contribution is 0.561. The molecule has 1 atom stereocenters. The molecule has 0 aliphatic heterocycles. The fraction of sp³-hybridized carbons (Fsp3) is 0.263.